The minimum absolute atomic E-state index is 0.101. The van der Waals surface area contributed by atoms with Crippen molar-refractivity contribution in [3.05, 3.63) is 53.6 Å². The van der Waals surface area contributed by atoms with Gasteiger partial charge in [-0.05, 0) is 30.5 Å². The smallest absolute Gasteiger partial charge is 0.331 e. The molecule has 0 aliphatic carbocycles. The van der Waals surface area contributed by atoms with Crippen LogP contribution in [-0.2, 0) is 4.79 Å². The average Bonchev–Trinajstić information content (AvgIpc) is 2.42. The molecule has 21 heavy (non-hydrogen) atoms. The molecule has 1 unspecified atom stereocenters. The standard InChI is InChI=1S/C16H17F2NO2/c1-4-10(2)12(16(20)21)8-9-19-11(3)15-13(17)6-5-7-14(15)18/h5-10H,3-4H2,1-2H3,(H,20,21)/b12-8+,19-9?. The summed E-state index contributed by atoms with van der Waals surface area (Å²) in [6.45, 7) is 7.14. The Hall–Kier alpha value is -2.30. The monoisotopic (exact) mass is 293 g/mol. The maximum Gasteiger partial charge on any atom is 0.331 e. The highest BCUT2D eigenvalue weighted by atomic mass is 19.1. The lowest BCUT2D eigenvalue weighted by Crippen LogP contribution is -2.09. The van der Waals surface area contributed by atoms with Crippen LogP contribution >= 0.6 is 0 Å². The summed E-state index contributed by atoms with van der Waals surface area (Å²) >= 11 is 0. The first-order valence-electron chi connectivity index (χ1n) is 6.49. The number of carboxylic acids is 1. The number of aliphatic imine (C=N–C) groups is 1. The number of hydrogen-bond acceptors (Lipinski definition) is 2. The molecular formula is C16H17F2NO2. The molecular weight excluding hydrogens is 276 g/mol. The van der Waals surface area contributed by atoms with E-state index in [1.807, 2.05) is 6.92 Å². The molecule has 0 saturated carbocycles. The van der Waals surface area contributed by atoms with Crippen molar-refractivity contribution in [3.63, 3.8) is 0 Å². The number of nitrogens with zero attached hydrogens (tertiary/aromatic N) is 1. The summed E-state index contributed by atoms with van der Waals surface area (Å²) in [5.41, 5.74) is -0.235. The highest BCUT2D eigenvalue weighted by Gasteiger charge is 2.14. The molecule has 112 valence electrons. The number of hydrogen-bond donors (Lipinski definition) is 1. The third-order valence-electron chi connectivity index (χ3n) is 3.13. The van der Waals surface area contributed by atoms with Crippen LogP contribution < -0.4 is 0 Å². The molecule has 1 rings (SSSR count). The number of carboxylic acid groups (broad SMARTS) is 1. The summed E-state index contributed by atoms with van der Waals surface area (Å²) in [4.78, 5) is 14.9. The van der Waals surface area contributed by atoms with E-state index in [2.05, 4.69) is 11.6 Å². The summed E-state index contributed by atoms with van der Waals surface area (Å²) in [6, 6.07) is 3.46. The lowest BCUT2D eigenvalue weighted by atomic mass is 9.98. The average molecular weight is 293 g/mol. The summed E-state index contributed by atoms with van der Waals surface area (Å²) in [7, 11) is 0. The van der Waals surface area contributed by atoms with Crippen LogP contribution in [0.2, 0.25) is 0 Å². The van der Waals surface area contributed by atoms with Crippen molar-refractivity contribution in [2.45, 2.75) is 20.3 Å². The van der Waals surface area contributed by atoms with Crippen LogP contribution in [0.15, 0.2) is 41.4 Å². The Morgan fingerprint density at radius 3 is 2.48 bits per heavy atom. The fourth-order valence-electron chi connectivity index (χ4n) is 1.71. The Bertz CT molecular complexity index is 586. The molecule has 0 aliphatic rings. The second-order valence-electron chi connectivity index (χ2n) is 4.56. The number of rotatable bonds is 6. The predicted molar refractivity (Wildman–Crippen MR) is 79.1 cm³/mol. The van der Waals surface area contributed by atoms with Crippen LogP contribution in [0, 0.1) is 17.6 Å². The minimum Gasteiger partial charge on any atom is -0.478 e. The van der Waals surface area contributed by atoms with Crippen molar-refractivity contribution < 1.29 is 18.7 Å². The Morgan fingerprint density at radius 2 is 2.00 bits per heavy atom. The molecule has 0 aromatic heterocycles. The topological polar surface area (TPSA) is 49.7 Å². The van der Waals surface area contributed by atoms with E-state index in [-0.39, 0.29) is 22.8 Å². The van der Waals surface area contributed by atoms with Crippen molar-refractivity contribution in [1.29, 1.82) is 0 Å². The number of allylic oxidation sites excluding steroid dienone is 1. The third-order valence-corrected chi connectivity index (χ3v) is 3.13. The van der Waals surface area contributed by atoms with Gasteiger partial charge in [-0.25, -0.2) is 13.6 Å². The highest BCUT2D eigenvalue weighted by Crippen LogP contribution is 2.21. The zero-order chi connectivity index (χ0) is 16.0. The van der Waals surface area contributed by atoms with Crippen LogP contribution in [0.3, 0.4) is 0 Å². The van der Waals surface area contributed by atoms with Crippen molar-refractivity contribution in [1.82, 2.24) is 0 Å². The van der Waals surface area contributed by atoms with E-state index >= 15 is 0 Å². The van der Waals surface area contributed by atoms with Gasteiger partial charge in [0.05, 0.1) is 11.3 Å². The molecule has 0 saturated heterocycles. The maximum atomic E-state index is 13.5. The quantitative estimate of drug-likeness (QED) is 0.635. The van der Waals surface area contributed by atoms with Gasteiger partial charge in [-0.2, -0.15) is 0 Å². The number of benzene rings is 1. The van der Waals surface area contributed by atoms with Crippen LogP contribution in [-0.4, -0.2) is 17.3 Å². The van der Waals surface area contributed by atoms with E-state index in [9.17, 15) is 13.6 Å². The second-order valence-corrected chi connectivity index (χ2v) is 4.56. The summed E-state index contributed by atoms with van der Waals surface area (Å²) in [5.74, 6) is -2.71. The lowest BCUT2D eigenvalue weighted by Gasteiger charge is -2.08. The molecule has 0 fully saturated rings. The van der Waals surface area contributed by atoms with Crippen LogP contribution in [0.5, 0.6) is 0 Å². The molecule has 1 aromatic carbocycles. The molecule has 0 bridgehead atoms. The van der Waals surface area contributed by atoms with Gasteiger partial charge in [0, 0.05) is 11.8 Å². The predicted octanol–water partition coefficient (Wildman–Crippen LogP) is 4.06. The van der Waals surface area contributed by atoms with Gasteiger partial charge >= 0.3 is 5.97 Å². The number of aliphatic carboxylic acids is 1. The van der Waals surface area contributed by atoms with E-state index in [1.54, 1.807) is 6.92 Å². The summed E-state index contributed by atoms with van der Waals surface area (Å²) in [5, 5.41) is 9.07. The van der Waals surface area contributed by atoms with Gasteiger partial charge in [-0.1, -0.05) is 26.5 Å². The molecule has 3 nitrogen and oxygen atoms in total. The van der Waals surface area contributed by atoms with Crippen molar-refractivity contribution in [3.8, 4) is 0 Å². The first-order chi connectivity index (χ1) is 9.88. The van der Waals surface area contributed by atoms with E-state index < -0.39 is 17.6 Å². The molecule has 0 spiro atoms. The molecule has 1 atom stereocenters. The van der Waals surface area contributed by atoms with Crippen LogP contribution in [0.1, 0.15) is 25.8 Å². The van der Waals surface area contributed by atoms with E-state index in [0.717, 1.165) is 12.1 Å². The molecule has 0 amide bonds. The van der Waals surface area contributed by atoms with Gasteiger partial charge < -0.3 is 5.11 Å². The summed E-state index contributed by atoms with van der Waals surface area (Å²) in [6.07, 6.45) is 3.18. The van der Waals surface area contributed by atoms with E-state index in [0.29, 0.717) is 6.42 Å². The van der Waals surface area contributed by atoms with Gasteiger partial charge in [0.15, 0.2) is 0 Å². The first-order valence-corrected chi connectivity index (χ1v) is 6.49. The molecule has 0 aliphatic heterocycles. The number of carbonyl (C=O) groups is 1. The molecule has 1 aromatic rings. The SMILES string of the molecule is C=C(N=C/C=C(/C(=O)O)C(C)CC)c1c(F)cccc1F. The van der Waals surface area contributed by atoms with Crippen LogP contribution in [0.4, 0.5) is 8.78 Å². The maximum absolute atomic E-state index is 13.5. The van der Waals surface area contributed by atoms with E-state index in [4.69, 9.17) is 5.11 Å². The highest BCUT2D eigenvalue weighted by molar-refractivity contribution is 5.93. The van der Waals surface area contributed by atoms with Crippen LogP contribution in [0.25, 0.3) is 5.70 Å². The molecule has 1 N–H and O–H groups in total. The Labute approximate surface area is 122 Å². The molecule has 5 heteroatoms. The lowest BCUT2D eigenvalue weighted by molar-refractivity contribution is -0.133. The Kier molecular flexibility index (Phi) is 5.96. The summed E-state index contributed by atoms with van der Waals surface area (Å²) < 4.78 is 27.0. The van der Waals surface area contributed by atoms with Gasteiger partial charge in [0.1, 0.15) is 11.6 Å². The van der Waals surface area contributed by atoms with Gasteiger partial charge in [0.2, 0.25) is 0 Å². The van der Waals surface area contributed by atoms with Crippen molar-refractivity contribution >= 4 is 17.9 Å². The van der Waals surface area contributed by atoms with Gasteiger partial charge in [-0.15, -0.1) is 0 Å². The van der Waals surface area contributed by atoms with Gasteiger partial charge in [-0.3, -0.25) is 4.99 Å². The Balaban J connectivity index is 2.99. The zero-order valence-corrected chi connectivity index (χ0v) is 11.9. The first kappa shape index (κ1) is 16.8. The largest absolute Gasteiger partial charge is 0.478 e. The normalized spacial score (nSPS) is 13.4. The van der Waals surface area contributed by atoms with Gasteiger partial charge in [0.25, 0.3) is 0 Å². The fourth-order valence-corrected chi connectivity index (χ4v) is 1.71. The minimum atomic E-state index is -1.04. The fraction of sp³-hybridized carbons (Fsp3) is 0.250. The molecule has 0 heterocycles. The Morgan fingerprint density at radius 1 is 1.43 bits per heavy atom. The molecule has 0 radical (unpaired) electrons. The zero-order valence-electron chi connectivity index (χ0n) is 11.9. The van der Waals surface area contributed by atoms with E-state index in [1.165, 1.54) is 18.4 Å². The number of halogens is 2. The van der Waals surface area contributed by atoms with Crippen molar-refractivity contribution in [2.24, 2.45) is 10.9 Å². The third kappa shape index (κ3) is 4.34. The van der Waals surface area contributed by atoms with Crippen molar-refractivity contribution in [2.75, 3.05) is 0 Å². The second kappa shape index (κ2) is 7.47.